The van der Waals surface area contributed by atoms with Crippen LogP contribution in [0.5, 0.6) is 0 Å². The maximum Gasteiger partial charge on any atom is 0.401 e. The van der Waals surface area contributed by atoms with Crippen LogP contribution in [0.4, 0.5) is 13.2 Å². The van der Waals surface area contributed by atoms with Crippen molar-refractivity contribution in [2.45, 2.75) is 38.4 Å². The number of nitrogens with zero attached hydrogens (tertiary/aromatic N) is 2. The van der Waals surface area contributed by atoms with Crippen molar-refractivity contribution in [3.63, 3.8) is 0 Å². The number of hydrogen-bond donors (Lipinski definition) is 1. The predicted molar refractivity (Wildman–Crippen MR) is 73.7 cm³/mol. The van der Waals surface area contributed by atoms with Gasteiger partial charge < -0.3 is 5.32 Å². The van der Waals surface area contributed by atoms with Gasteiger partial charge >= 0.3 is 6.18 Å². The quantitative estimate of drug-likeness (QED) is 0.755. The van der Waals surface area contributed by atoms with Gasteiger partial charge in [-0.05, 0) is 38.3 Å². The lowest BCUT2D eigenvalue weighted by atomic mass is 9.78. The summed E-state index contributed by atoms with van der Waals surface area (Å²) >= 11 is 0. The molecule has 0 spiro atoms. The number of rotatable bonds is 6. The average Bonchev–Trinajstić information content (AvgIpc) is 2.34. The first kappa shape index (κ1) is 16.0. The Kier molecular flexibility index (Phi) is 5.69. The highest BCUT2D eigenvalue weighted by atomic mass is 19.4. The molecule has 2 unspecified atom stereocenters. The predicted octanol–water partition coefficient (Wildman–Crippen LogP) is 1.94. The van der Waals surface area contributed by atoms with Crippen molar-refractivity contribution in [2.75, 3.05) is 45.8 Å². The summed E-state index contributed by atoms with van der Waals surface area (Å²) in [5.74, 6) is 0.690. The summed E-state index contributed by atoms with van der Waals surface area (Å²) in [6, 6.07) is 0.590. The van der Waals surface area contributed by atoms with Crippen molar-refractivity contribution in [2.24, 2.45) is 5.92 Å². The van der Waals surface area contributed by atoms with E-state index in [-0.39, 0.29) is 0 Å². The zero-order valence-electron chi connectivity index (χ0n) is 12.3. The van der Waals surface area contributed by atoms with Crippen LogP contribution in [0.15, 0.2) is 0 Å². The van der Waals surface area contributed by atoms with Crippen LogP contribution in [-0.4, -0.2) is 67.8 Å². The molecule has 0 aromatic heterocycles. The molecule has 0 aromatic carbocycles. The van der Waals surface area contributed by atoms with Crippen LogP contribution in [0.3, 0.4) is 0 Å². The largest absolute Gasteiger partial charge is 0.401 e. The molecule has 1 aliphatic carbocycles. The average molecular weight is 293 g/mol. The number of hydrogen-bond acceptors (Lipinski definition) is 3. The first-order valence-electron chi connectivity index (χ1n) is 7.73. The summed E-state index contributed by atoms with van der Waals surface area (Å²) < 4.78 is 37.0. The van der Waals surface area contributed by atoms with E-state index >= 15 is 0 Å². The van der Waals surface area contributed by atoms with E-state index in [1.807, 2.05) is 0 Å². The zero-order valence-corrected chi connectivity index (χ0v) is 12.3. The molecule has 0 bridgehead atoms. The molecule has 1 saturated carbocycles. The van der Waals surface area contributed by atoms with Crippen molar-refractivity contribution in [3.8, 4) is 0 Å². The molecule has 0 aromatic rings. The summed E-state index contributed by atoms with van der Waals surface area (Å²) in [4.78, 5) is 3.92. The zero-order chi connectivity index (χ0) is 14.6. The van der Waals surface area contributed by atoms with Gasteiger partial charge in [0.05, 0.1) is 6.54 Å². The molecule has 2 fully saturated rings. The maximum absolute atomic E-state index is 12.3. The smallest absolute Gasteiger partial charge is 0.316 e. The van der Waals surface area contributed by atoms with Crippen LogP contribution < -0.4 is 5.32 Å². The van der Waals surface area contributed by atoms with Crippen LogP contribution in [0, 0.1) is 5.92 Å². The van der Waals surface area contributed by atoms with Gasteiger partial charge in [-0.15, -0.1) is 0 Å². The van der Waals surface area contributed by atoms with Gasteiger partial charge in [-0.1, -0.05) is 6.92 Å². The first-order valence-corrected chi connectivity index (χ1v) is 7.73. The van der Waals surface area contributed by atoms with Crippen molar-refractivity contribution < 1.29 is 13.2 Å². The third kappa shape index (κ3) is 4.60. The van der Waals surface area contributed by atoms with Crippen molar-refractivity contribution >= 4 is 0 Å². The Balaban J connectivity index is 1.68. The highest BCUT2D eigenvalue weighted by Crippen LogP contribution is 2.32. The van der Waals surface area contributed by atoms with Crippen molar-refractivity contribution in [3.05, 3.63) is 0 Å². The Hall–Kier alpha value is -0.330. The Bertz CT molecular complexity index is 288. The summed E-state index contributed by atoms with van der Waals surface area (Å²) in [5, 5.41) is 3.46. The fraction of sp³-hybridized carbons (Fsp3) is 1.00. The molecule has 2 atom stereocenters. The lowest BCUT2D eigenvalue weighted by Gasteiger charge is -2.48. The van der Waals surface area contributed by atoms with E-state index in [0.29, 0.717) is 25.0 Å². The third-order valence-corrected chi connectivity index (χ3v) is 4.49. The molecule has 1 N–H and O–H groups in total. The minimum atomic E-state index is -4.06. The molecule has 1 aliphatic heterocycles. The molecule has 20 heavy (non-hydrogen) atoms. The molecule has 118 valence electrons. The first-order chi connectivity index (χ1) is 9.49. The van der Waals surface area contributed by atoms with E-state index in [0.717, 1.165) is 32.6 Å². The number of halogens is 3. The minimum Gasteiger partial charge on any atom is -0.316 e. The number of nitrogens with one attached hydrogen (secondary N) is 1. The van der Waals surface area contributed by atoms with Gasteiger partial charge in [-0.2, -0.15) is 13.2 Å². The van der Waals surface area contributed by atoms with Crippen LogP contribution >= 0.6 is 0 Å². The molecular formula is C14H26F3N3. The lowest BCUT2D eigenvalue weighted by molar-refractivity contribution is -0.150. The monoisotopic (exact) mass is 293 g/mol. The van der Waals surface area contributed by atoms with E-state index in [1.165, 1.54) is 17.7 Å². The Labute approximate surface area is 119 Å². The summed E-state index contributed by atoms with van der Waals surface area (Å²) in [5.41, 5.74) is 0. The maximum atomic E-state index is 12.3. The molecule has 3 nitrogen and oxygen atoms in total. The van der Waals surface area contributed by atoms with Crippen LogP contribution in [0.1, 0.15) is 26.2 Å². The molecule has 6 heteroatoms. The normalized spacial score (nSPS) is 29.4. The van der Waals surface area contributed by atoms with Gasteiger partial charge in [-0.25, -0.2) is 0 Å². The minimum absolute atomic E-state index is 0.547. The Morgan fingerprint density at radius 1 is 1.10 bits per heavy atom. The second kappa shape index (κ2) is 7.09. The van der Waals surface area contributed by atoms with Crippen molar-refractivity contribution in [1.82, 2.24) is 15.1 Å². The Morgan fingerprint density at radius 2 is 1.80 bits per heavy atom. The number of piperazine rings is 1. The van der Waals surface area contributed by atoms with Gasteiger partial charge in [0.15, 0.2) is 0 Å². The topological polar surface area (TPSA) is 18.5 Å². The standard InChI is InChI=1S/C14H26F3N3/c1-2-5-18-10-12-3-4-13(12)20-8-6-19(7-9-20)11-14(15,16)17/h12-13,18H,2-11H2,1H3. The van der Waals surface area contributed by atoms with E-state index in [1.54, 1.807) is 0 Å². The van der Waals surface area contributed by atoms with E-state index in [9.17, 15) is 13.2 Å². The van der Waals surface area contributed by atoms with Gasteiger partial charge in [0.25, 0.3) is 0 Å². The van der Waals surface area contributed by atoms with E-state index in [2.05, 4.69) is 17.1 Å². The van der Waals surface area contributed by atoms with E-state index in [4.69, 9.17) is 0 Å². The molecule has 0 amide bonds. The summed E-state index contributed by atoms with van der Waals surface area (Å²) in [7, 11) is 0. The van der Waals surface area contributed by atoms with Gasteiger partial charge in [0.1, 0.15) is 0 Å². The summed E-state index contributed by atoms with van der Waals surface area (Å²) in [6.07, 6.45) is -0.458. The molecule has 2 aliphatic rings. The third-order valence-electron chi connectivity index (χ3n) is 4.49. The van der Waals surface area contributed by atoms with Gasteiger partial charge in [0, 0.05) is 32.2 Å². The van der Waals surface area contributed by atoms with Crippen LogP contribution in [0.25, 0.3) is 0 Å². The molecular weight excluding hydrogens is 267 g/mol. The van der Waals surface area contributed by atoms with Gasteiger partial charge in [0.2, 0.25) is 0 Å². The fourth-order valence-electron chi connectivity index (χ4n) is 3.24. The van der Waals surface area contributed by atoms with Crippen LogP contribution in [0.2, 0.25) is 0 Å². The molecule has 1 heterocycles. The Morgan fingerprint density at radius 3 is 2.30 bits per heavy atom. The van der Waals surface area contributed by atoms with Crippen LogP contribution in [-0.2, 0) is 0 Å². The second-order valence-electron chi connectivity index (χ2n) is 6.04. The summed E-state index contributed by atoms with van der Waals surface area (Å²) in [6.45, 7) is 6.17. The SMILES string of the molecule is CCCNCC1CCC1N1CCN(CC(F)(F)F)CC1. The fourth-order valence-corrected chi connectivity index (χ4v) is 3.24. The second-order valence-corrected chi connectivity index (χ2v) is 6.04. The number of alkyl halides is 3. The molecule has 0 radical (unpaired) electrons. The van der Waals surface area contributed by atoms with Gasteiger partial charge in [-0.3, -0.25) is 9.80 Å². The van der Waals surface area contributed by atoms with Crippen molar-refractivity contribution in [1.29, 1.82) is 0 Å². The highest BCUT2D eigenvalue weighted by molar-refractivity contribution is 4.92. The van der Waals surface area contributed by atoms with E-state index < -0.39 is 12.7 Å². The molecule has 1 saturated heterocycles. The molecule has 2 rings (SSSR count). The lowest BCUT2D eigenvalue weighted by Crippen LogP contribution is -2.57. The highest BCUT2D eigenvalue weighted by Gasteiger charge is 2.38.